The van der Waals surface area contributed by atoms with E-state index in [0.717, 1.165) is 26.5 Å². The minimum absolute atomic E-state index is 0.130. The van der Waals surface area contributed by atoms with Gasteiger partial charge in [0, 0.05) is 5.02 Å². The Balaban J connectivity index is 0.000000704. The minimum Gasteiger partial charge on any atom is -0.488 e. The number of ether oxygens (including phenoxy) is 1. The maximum Gasteiger partial charge on any atom is 0.156 e. The number of hydrogen-bond donors (Lipinski definition) is 1. The van der Waals surface area contributed by atoms with Crippen molar-refractivity contribution in [2.45, 2.75) is 19.9 Å². The molecule has 0 fully saturated rings. The standard InChI is InChI=1S/C14H11BrClNO.C2H6/c15-11-5-2-6-12-14(11)18-8-13(17-12)9-3-1-4-10(16)7-9;1-2/h1-7,13,17H,8H2;1-2H3. The third-order valence-electron chi connectivity index (χ3n) is 2.94. The smallest absolute Gasteiger partial charge is 0.156 e. The van der Waals surface area contributed by atoms with E-state index >= 15 is 0 Å². The highest BCUT2D eigenvalue weighted by atomic mass is 79.9. The first-order chi connectivity index (χ1) is 9.74. The number of halogens is 2. The van der Waals surface area contributed by atoms with Gasteiger partial charge in [-0.25, -0.2) is 0 Å². The fourth-order valence-corrected chi connectivity index (χ4v) is 2.75. The number of para-hydroxylation sites is 1. The van der Waals surface area contributed by atoms with E-state index in [1.54, 1.807) is 0 Å². The predicted molar refractivity (Wildman–Crippen MR) is 88.8 cm³/mol. The summed E-state index contributed by atoms with van der Waals surface area (Å²) in [4.78, 5) is 0. The fourth-order valence-electron chi connectivity index (χ4n) is 2.07. The van der Waals surface area contributed by atoms with Gasteiger partial charge in [-0.2, -0.15) is 0 Å². The van der Waals surface area contributed by atoms with Crippen LogP contribution in [-0.2, 0) is 0 Å². The molecule has 0 saturated carbocycles. The van der Waals surface area contributed by atoms with Crippen LogP contribution in [0.15, 0.2) is 46.9 Å². The molecule has 0 aromatic heterocycles. The normalized spacial score (nSPS) is 16.1. The summed E-state index contributed by atoms with van der Waals surface area (Å²) in [5.41, 5.74) is 2.13. The molecule has 1 aliphatic rings. The van der Waals surface area contributed by atoms with Crippen LogP contribution in [0.1, 0.15) is 25.5 Å². The lowest BCUT2D eigenvalue weighted by molar-refractivity contribution is 0.284. The number of anilines is 1. The lowest BCUT2D eigenvalue weighted by Gasteiger charge is -2.28. The summed E-state index contributed by atoms with van der Waals surface area (Å²) in [6.45, 7) is 4.59. The van der Waals surface area contributed by atoms with E-state index < -0.39 is 0 Å². The zero-order chi connectivity index (χ0) is 14.5. The van der Waals surface area contributed by atoms with Gasteiger partial charge in [0.05, 0.1) is 16.2 Å². The van der Waals surface area contributed by atoms with Gasteiger partial charge in [-0.05, 0) is 45.8 Å². The average molecular weight is 355 g/mol. The maximum atomic E-state index is 6.01. The monoisotopic (exact) mass is 353 g/mol. The van der Waals surface area contributed by atoms with Gasteiger partial charge in [-0.15, -0.1) is 0 Å². The summed E-state index contributed by atoms with van der Waals surface area (Å²) >= 11 is 9.50. The second kappa shape index (κ2) is 7.00. The van der Waals surface area contributed by atoms with E-state index in [4.69, 9.17) is 16.3 Å². The van der Waals surface area contributed by atoms with E-state index in [1.165, 1.54) is 0 Å². The van der Waals surface area contributed by atoms with Crippen LogP contribution >= 0.6 is 27.5 Å². The molecule has 1 aliphatic heterocycles. The third-order valence-corrected chi connectivity index (χ3v) is 3.80. The van der Waals surface area contributed by atoms with Crippen molar-refractivity contribution in [3.05, 3.63) is 57.5 Å². The molecule has 0 aliphatic carbocycles. The first kappa shape index (κ1) is 15.2. The summed E-state index contributed by atoms with van der Waals surface area (Å²) in [7, 11) is 0. The molecule has 2 aromatic rings. The minimum atomic E-state index is 0.130. The molecule has 0 bridgehead atoms. The van der Waals surface area contributed by atoms with Gasteiger partial charge in [0.2, 0.25) is 0 Å². The van der Waals surface area contributed by atoms with Crippen LogP contribution in [0, 0.1) is 0 Å². The topological polar surface area (TPSA) is 21.3 Å². The zero-order valence-corrected chi connectivity index (χ0v) is 13.8. The first-order valence-electron chi connectivity index (χ1n) is 6.67. The van der Waals surface area contributed by atoms with Crippen LogP contribution in [-0.4, -0.2) is 6.61 Å². The van der Waals surface area contributed by atoms with Crippen LogP contribution < -0.4 is 10.1 Å². The largest absolute Gasteiger partial charge is 0.488 e. The van der Waals surface area contributed by atoms with Crippen LogP contribution in [0.25, 0.3) is 0 Å². The second-order valence-corrected chi connectivity index (χ2v) is 5.47. The lowest BCUT2D eigenvalue weighted by atomic mass is 10.1. The molecule has 106 valence electrons. The molecule has 1 heterocycles. The Morgan fingerprint density at radius 1 is 1.20 bits per heavy atom. The molecule has 1 unspecified atom stereocenters. The van der Waals surface area contributed by atoms with Gasteiger partial charge in [0.15, 0.2) is 5.75 Å². The Bertz CT molecular complexity index is 588. The molecule has 2 nitrogen and oxygen atoms in total. The predicted octanol–water partition coefficient (Wildman–Crippen LogP) is 5.67. The first-order valence-corrected chi connectivity index (χ1v) is 7.84. The van der Waals surface area contributed by atoms with Gasteiger partial charge < -0.3 is 10.1 Å². The van der Waals surface area contributed by atoms with Crippen molar-refractivity contribution < 1.29 is 4.74 Å². The molecule has 0 radical (unpaired) electrons. The Morgan fingerprint density at radius 3 is 2.70 bits per heavy atom. The summed E-state index contributed by atoms with van der Waals surface area (Å²) in [6, 6.07) is 13.9. The molecule has 20 heavy (non-hydrogen) atoms. The van der Waals surface area contributed by atoms with Crippen LogP contribution in [0.4, 0.5) is 5.69 Å². The summed E-state index contributed by atoms with van der Waals surface area (Å²) in [5.74, 6) is 0.871. The fraction of sp³-hybridized carbons (Fsp3) is 0.250. The SMILES string of the molecule is CC.Clc1cccc(C2COc3c(Br)cccc3N2)c1. The molecule has 0 saturated heterocycles. The summed E-state index contributed by atoms with van der Waals surface area (Å²) in [6.07, 6.45) is 0. The summed E-state index contributed by atoms with van der Waals surface area (Å²) < 4.78 is 6.78. The highest BCUT2D eigenvalue weighted by molar-refractivity contribution is 9.10. The van der Waals surface area contributed by atoms with Crippen molar-refractivity contribution in [1.29, 1.82) is 0 Å². The maximum absolute atomic E-state index is 6.01. The van der Waals surface area contributed by atoms with Gasteiger partial charge in [-0.3, -0.25) is 0 Å². The van der Waals surface area contributed by atoms with Crippen LogP contribution in [0.5, 0.6) is 5.75 Å². The molecule has 0 amide bonds. The molecular formula is C16H17BrClNO. The van der Waals surface area contributed by atoms with Crippen molar-refractivity contribution >= 4 is 33.2 Å². The highest BCUT2D eigenvalue weighted by Gasteiger charge is 2.21. The Labute approximate surface area is 133 Å². The molecule has 1 N–H and O–H groups in total. The van der Waals surface area contributed by atoms with E-state index in [0.29, 0.717) is 6.61 Å². The molecule has 0 spiro atoms. The van der Waals surface area contributed by atoms with Gasteiger partial charge in [0.1, 0.15) is 6.61 Å². The number of hydrogen-bond acceptors (Lipinski definition) is 2. The third kappa shape index (κ3) is 3.28. The number of fused-ring (bicyclic) bond motifs is 1. The zero-order valence-electron chi connectivity index (χ0n) is 11.5. The van der Waals surface area contributed by atoms with Crippen molar-refractivity contribution in [3.63, 3.8) is 0 Å². The van der Waals surface area contributed by atoms with Gasteiger partial charge in [0.25, 0.3) is 0 Å². The quantitative estimate of drug-likeness (QED) is 0.712. The molecular weight excluding hydrogens is 338 g/mol. The number of rotatable bonds is 1. The van der Waals surface area contributed by atoms with E-state index in [-0.39, 0.29) is 6.04 Å². The van der Waals surface area contributed by atoms with Crippen LogP contribution in [0.2, 0.25) is 5.02 Å². The van der Waals surface area contributed by atoms with Gasteiger partial charge in [-0.1, -0.05) is 43.6 Å². The molecule has 3 rings (SSSR count). The van der Waals surface area contributed by atoms with Crippen molar-refractivity contribution in [3.8, 4) is 5.75 Å². The van der Waals surface area contributed by atoms with Crippen molar-refractivity contribution in [2.24, 2.45) is 0 Å². The number of nitrogens with one attached hydrogen (secondary N) is 1. The van der Waals surface area contributed by atoms with E-state index in [1.807, 2.05) is 50.2 Å². The molecule has 2 aromatic carbocycles. The van der Waals surface area contributed by atoms with Gasteiger partial charge >= 0.3 is 0 Å². The average Bonchev–Trinajstić information content (AvgIpc) is 2.49. The molecule has 4 heteroatoms. The van der Waals surface area contributed by atoms with Crippen molar-refractivity contribution in [2.75, 3.05) is 11.9 Å². The summed E-state index contributed by atoms with van der Waals surface area (Å²) in [5, 5.41) is 4.21. The number of benzene rings is 2. The second-order valence-electron chi connectivity index (χ2n) is 4.18. The van der Waals surface area contributed by atoms with Crippen LogP contribution in [0.3, 0.4) is 0 Å². The Morgan fingerprint density at radius 2 is 1.95 bits per heavy atom. The Hall–Kier alpha value is -1.19. The molecule has 1 atom stereocenters. The highest BCUT2D eigenvalue weighted by Crippen LogP contribution is 2.39. The van der Waals surface area contributed by atoms with Crippen molar-refractivity contribution in [1.82, 2.24) is 0 Å². The van der Waals surface area contributed by atoms with E-state index in [9.17, 15) is 0 Å². The Kier molecular flexibility index (Phi) is 5.32. The lowest BCUT2D eigenvalue weighted by Crippen LogP contribution is -2.24. The van der Waals surface area contributed by atoms with E-state index in [2.05, 4.69) is 27.3 Å².